The standard InChI is InChI=1S/C11H9FN2O2/c1-7-2-3-9(8(12)6-7)14-5-4-13-10(15)11(14)16/h2-6H,1H3,(H,13,15). The van der Waals surface area contributed by atoms with Gasteiger partial charge in [-0.15, -0.1) is 0 Å². The predicted molar refractivity (Wildman–Crippen MR) is 57.4 cm³/mol. The summed E-state index contributed by atoms with van der Waals surface area (Å²) in [5.41, 5.74) is -0.756. The molecule has 1 heterocycles. The lowest BCUT2D eigenvalue weighted by Gasteiger charge is -2.06. The number of aromatic amines is 1. The smallest absolute Gasteiger partial charge is 0.320 e. The largest absolute Gasteiger partial charge is 0.323 e. The third kappa shape index (κ3) is 1.67. The molecule has 2 aromatic rings. The summed E-state index contributed by atoms with van der Waals surface area (Å²) < 4.78 is 14.6. The highest BCUT2D eigenvalue weighted by Crippen LogP contribution is 2.12. The Morgan fingerprint density at radius 3 is 2.75 bits per heavy atom. The van der Waals surface area contributed by atoms with Crippen LogP contribution in [0.15, 0.2) is 40.2 Å². The first-order chi connectivity index (χ1) is 7.59. The van der Waals surface area contributed by atoms with E-state index in [1.54, 1.807) is 13.0 Å². The summed E-state index contributed by atoms with van der Waals surface area (Å²) in [4.78, 5) is 24.8. The molecule has 0 aliphatic heterocycles. The fraction of sp³-hybridized carbons (Fsp3) is 0.0909. The molecule has 0 atom stereocenters. The van der Waals surface area contributed by atoms with Crippen molar-refractivity contribution >= 4 is 0 Å². The molecule has 0 amide bonds. The van der Waals surface area contributed by atoms with Crippen LogP contribution in [0, 0.1) is 12.7 Å². The number of hydrogen-bond donors (Lipinski definition) is 1. The first-order valence-corrected chi connectivity index (χ1v) is 4.66. The lowest BCUT2D eigenvalue weighted by molar-refractivity contribution is 0.614. The van der Waals surface area contributed by atoms with Crippen LogP contribution in [-0.4, -0.2) is 9.55 Å². The van der Waals surface area contributed by atoms with Gasteiger partial charge in [-0.05, 0) is 24.6 Å². The fourth-order valence-electron chi connectivity index (χ4n) is 1.42. The fourth-order valence-corrected chi connectivity index (χ4v) is 1.42. The Bertz CT molecular complexity index is 643. The van der Waals surface area contributed by atoms with E-state index in [0.29, 0.717) is 0 Å². The Kier molecular flexibility index (Phi) is 2.44. The van der Waals surface area contributed by atoms with Crippen LogP contribution >= 0.6 is 0 Å². The van der Waals surface area contributed by atoms with E-state index in [4.69, 9.17) is 0 Å². The second kappa shape index (κ2) is 3.77. The van der Waals surface area contributed by atoms with Crippen molar-refractivity contribution in [2.75, 3.05) is 0 Å². The van der Waals surface area contributed by atoms with Gasteiger partial charge >= 0.3 is 11.1 Å². The summed E-state index contributed by atoms with van der Waals surface area (Å²) in [6.07, 6.45) is 2.61. The minimum Gasteiger partial charge on any atom is -0.323 e. The van der Waals surface area contributed by atoms with Crippen molar-refractivity contribution in [3.8, 4) is 5.69 Å². The number of aryl methyl sites for hydroxylation is 1. The third-order valence-corrected chi connectivity index (χ3v) is 2.21. The van der Waals surface area contributed by atoms with Gasteiger partial charge in [0.05, 0.1) is 5.69 Å². The first kappa shape index (κ1) is 10.4. The highest BCUT2D eigenvalue weighted by Gasteiger charge is 2.07. The normalized spacial score (nSPS) is 10.4. The van der Waals surface area contributed by atoms with Crippen molar-refractivity contribution in [2.45, 2.75) is 6.92 Å². The van der Waals surface area contributed by atoms with E-state index in [2.05, 4.69) is 4.98 Å². The molecule has 0 fully saturated rings. The van der Waals surface area contributed by atoms with E-state index in [9.17, 15) is 14.0 Å². The van der Waals surface area contributed by atoms with Crippen LogP contribution in [0.4, 0.5) is 4.39 Å². The predicted octanol–water partition coefficient (Wildman–Crippen LogP) is 0.973. The maximum Gasteiger partial charge on any atom is 0.320 e. The molecule has 0 spiro atoms. The molecule has 82 valence electrons. The van der Waals surface area contributed by atoms with E-state index in [1.165, 1.54) is 24.5 Å². The van der Waals surface area contributed by atoms with Crippen LogP contribution in [-0.2, 0) is 0 Å². The Morgan fingerprint density at radius 2 is 2.06 bits per heavy atom. The summed E-state index contributed by atoms with van der Waals surface area (Å²) in [7, 11) is 0. The van der Waals surface area contributed by atoms with Crippen LogP contribution < -0.4 is 11.1 Å². The number of rotatable bonds is 1. The van der Waals surface area contributed by atoms with Crippen molar-refractivity contribution in [3.05, 3.63) is 62.7 Å². The van der Waals surface area contributed by atoms with E-state index < -0.39 is 16.9 Å². The Labute approximate surface area is 90.0 Å². The molecule has 0 unspecified atom stereocenters. The minimum atomic E-state index is -0.801. The minimum absolute atomic E-state index is 0.0710. The number of halogens is 1. The Balaban J connectivity index is 2.73. The van der Waals surface area contributed by atoms with Gasteiger partial charge < -0.3 is 4.98 Å². The van der Waals surface area contributed by atoms with Gasteiger partial charge in [0.25, 0.3) is 0 Å². The van der Waals surface area contributed by atoms with Crippen molar-refractivity contribution in [1.82, 2.24) is 9.55 Å². The maximum atomic E-state index is 13.6. The molecule has 0 bridgehead atoms. The van der Waals surface area contributed by atoms with Gasteiger partial charge in [0.2, 0.25) is 0 Å². The molecule has 1 N–H and O–H groups in total. The van der Waals surface area contributed by atoms with E-state index in [0.717, 1.165) is 10.1 Å². The van der Waals surface area contributed by atoms with Crippen LogP contribution in [0.25, 0.3) is 5.69 Å². The van der Waals surface area contributed by atoms with Crippen LogP contribution in [0.3, 0.4) is 0 Å². The molecule has 0 saturated carbocycles. The summed E-state index contributed by atoms with van der Waals surface area (Å²) >= 11 is 0. The quantitative estimate of drug-likeness (QED) is 0.728. The molecule has 2 rings (SSSR count). The van der Waals surface area contributed by atoms with Gasteiger partial charge in [-0.3, -0.25) is 14.2 Å². The lowest BCUT2D eigenvalue weighted by Crippen LogP contribution is -2.34. The number of H-pyrrole nitrogens is 1. The van der Waals surface area contributed by atoms with Crippen LogP contribution in [0.5, 0.6) is 0 Å². The van der Waals surface area contributed by atoms with Gasteiger partial charge in [-0.25, -0.2) is 4.39 Å². The summed E-state index contributed by atoms with van der Waals surface area (Å²) in [5.74, 6) is -0.535. The average molecular weight is 220 g/mol. The maximum absolute atomic E-state index is 13.6. The van der Waals surface area contributed by atoms with Gasteiger partial charge in [-0.1, -0.05) is 6.07 Å². The van der Waals surface area contributed by atoms with Crippen molar-refractivity contribution in [3.63, 3.8) is 0 Å². The molecular formula is C11H9FN2O2. The van der Waals surface area contributed by atoms with Crippen molar-refractivity contribution < 1.29 is 4.39 Å². The van der Waals surface area contributed by atoms with Gasteiger partial charge in [-0.2, -0.15) is 0 Å². The molecule has 1 aromatic carbocycles. The van der Waals surface area contributed by atoms with E-state index >= 15 is 0 Å². The number of hydrogen-bond acceptors (Lipinski definition) is 2. The average Bonchev–Trinajstić information content (AvgIpc) is 2.23. The van der Waals surface area contributed by atoms with Gasteiger partial charge in [0.15, 0.2) is 0 Å². The molecular weight excluding hydrogens is 211 g/mol. The zero-order chi connectivity index (χ0) is 11.7. The van der Waals surface area contributed by atoms with Gasteiger partial charge in [0.1, 0.15) is 5.82 Å². The molecule has 4 nitrogen and oxygen atoms in total. The number of aromatic nitrogens is 2. The first-order valence-electron chi connectivity index (χ1n) is 4.66. The Morgan fingerprint density at radius 1 is 1.31 bits per heavy atom. The second-order valence-corrected chi connectivity index (χ2v) is 3.42. The van der Waals surface area contributed by atoms with Crippen LogP contribution in [0.2, 0.25) is 0 Å². The highest BCUT2D eigenvalue weighted by atomic mass is 19.1. The zero-order valence-corrected chi connectivity index (χ0v) is 8.53. The van der Waals surface area contributed by atoms with Crippen molar-refractivity contribution in [1.29, 1.82) is 0 Å². The molecule has 0 radical (unpaired) electrons. The molecule has 0 aliphatic rings. The Hall–Kier alpha value is -2.17. The topological polar surface area (TPSA) is 54.9 Å². The SMILES string of the molecule is Cc1ccc(-n2cc[nH]c(=O)c2=O)c(F)c1. The number of nitrogens with zero attached hydrogens (tertiary/aromatic N) is 1. The number of nitrogens with one attached hydrogen (secondary N) is 1. The summed E-state index contributed by atoms with van der Waals surface area (Å²) in [6, 6.07) is 4.44. The third-order valence-electron chi connectivity index (χ3n) is 2.21. The zero-order valence-electron chi connectivity index (χ0n) is 8.53. The summed E-state index contributed by atoms with van der Waals surface area (Å²) in [5, 5.41) is 0. The molecule has 0 aliphatic carbocycles. The second-order valence-electron chi connectivity index (χ2n) is 3.42. The summed E-state index contributed by atoms with van der Waals surface area (Å²) in [6.45, 7) is 1.74. The van der Waals surface area contributed by atoms with Crippen molar-refractivity contribution in [2.24, 2.45) is 0 Å². The van der Waals surface area contributed by atoms with E-state index in [-0.39, 0.29) is 5.69 Å². The monoisotopic (exact) mass is 220 g/mol. The number of benzene rings is 1. The molecule has 5 heteroatoms. The van der Waals surface area contributed by atoms with Gasteiger partial charge in [0, 0.05) is 12.4 Å². The lowest BCUT2D eigenvalue weighted by atomic mass is 10.2. The highest BCUT2D eigenvalue weighted by molar-refractivity contribution is 5.36. The molecule has 16 heavy (non-hydrogen) atoms. The van der Waals surface area contributed by atoms with E-state index in [1.807, 2.05) is 0 Å². The molecule has 0 saturated heterocycles. The molecule has 1 aromatic heterocycles. The van der Waals surface area contributed by atoms with Crippen LogP contribution in [0.1, 0.15) is 5.56 Å².